The molecule has 5 rings (SSSR count). The van der Waals surface area contributed by atoms with E-state index in [1.54, 1.807) is 0 Å². The molecule has 9 heteroatoms. The van der Waals surface area contributed by atoms with E-state index in [9.17, 15) is 4.79 Å². The zero-order valence-electron chi connectivity index (χ0n) is 38.9. The highest BCUT2D eigenvalue weighted by atomic mass is 16.7. The van der Waals surface area contributed by atoms with Crippen LogP contribution < -0.4 is 0 Å². The van der Waals surface area contributed by atoms with Crippen LogP contribution in [0.15, 0.2) is 121 Å². The van der Waals surface area contributed by atoms with Crippen LogP contribution >= 0.6 is 0 Å². The van der Waals surface area contributed by atoms with Crippen LogP contribution in [-0.2, 0) is 64.4 Å². The summed E-state index contributed by atoms with van der Waals surface area (Å²) in [6.07, 6.45) is 10.6. The van der Waals surface area contributed by atoms with Gasteiger partial charge in [-0.3, -0.25) is 4.79 Å². The van der Waals surface area contributed by atoms with Gasteiger partial charge in [-0.15, -0.1) is 0 Å². The number of carbonyl (C=O) groups excluding carboxylic acids is 1. The summed E-state index contributed by atoms with van der Waals surface area (Å²) in [4.78, 5) is 13.5. The molecule has 1 saturated heterocycles. The summed E-state index contributed by atoms with van der Waals surface area (Å²) in [5, 5.41) is 9.01. The van der Waals surface area contributed by atoms with Crippen LogP contribution in [0.25, 0.3) is 0 Å². The summed E-state index contributed by atoms with van der Waals surface area (Å²) >= 11 is 0. The lowest BCUT2D eigenvalue weighted by atomic mass is 9.97. The maximum absolute atomic E-state index is 13.5. The number of unbranched alkanes of at least 4 members (excludes halogenated alkanes) is 11. The Morgan fingerprint density at radius 1 is 0.547 bits per heavy atom. The van der Waals surface area contributed by atoms with Crippen LogP contribution in [0.1, 0.15) is 133 Å². The van der Waals surface area contributed by atoms with E-state index in [0.29, 0.717) is 39.5 Å². The maximum Gasteiger partial charge on any atom is 0.308 e. The number of carbonyl (C=O) groups is 1. The van der Waals surface area contributed by atoms with Crippen molar-refractivity contribution in [3.63, 3.8) is 0 Å². The number of aliphatic hydroxyl groups is 1. The number of ether oxygens (including phenoxy) is 7. The molecule has 1 heterocycles. The third-order valence-corrected chi connectivity index (χ3v) is 11.4. The molecule has 0 aliphatic carbocycles. The molecule has 0 spiro atoms. The monoisotopic (exact) mass is 881 g/mol. The topological polar surface area (TPSA) is 102 Å². The smallest absolute Gasteiger partial charge is 0.308 e. The first-order chi connectivity index (χ1) is 31.3. The maximum atomic E-state index is 13.5. The SMILES string of the molecule is CC(C)(C)OC(=O)C[C@@H](CCCCCCCCCCCCCCO)O[C@@H]1O[C@H](COCc2ccccc2)[C@@H](OCc2ccccc2)[C@H](OCc2ccccc2)[C@H]1OCc1ccccc1. The lowest BCUT2D eigenvalue weighted by molar-refractivity contribution is -0.336. The molecule has 350 valence electrons. The van der Waals surface area contributed by atoms with Gasteiger partial charge in [0, 0.05) is 6.61 Å². The minimum atomic E-state index is -0.914. The standard InChI is InChI=1S/C55H76O9/c1-55(2,3)64-50(57)38-48(36-26-12-10-8-6-4-5-7-9-11-13-27-37-56)62-54-53(61-42-47-34-24-17-25-35-47)52(60-41-46-32-22-16-23-33-46)51(59-40-45-30-20-15-21-31-45)49(63-54)43-58-39-44-28-18-14-19-29-44/h14-25,28-35,48-49,51-54,56H,4-13,26-27,36-43H2,1-3H3/t48-,49-,51-,52+,53-,54-/m1/s1. The van der Waals surface area contributed by atoms with E-state index in [0.717, 1.165) is 54.4 Å². The largest absolute Gasteiger partial charge is 0.460 e. The van der Waals surface area contributed by atoms with Gasteiger partial charge in [0.25, 0.3) is 0 Å². The molecule has 0 bridgehead atoms. The Hall–Kier alpha value is -3.93. The van der Waals surface area contributed by atoms with Gasteiger partial charge in [-0.2, -0.15) is 0 Å². The molecule has 1 aliphatic rings. The number of benzene rings is 4. The van der Waals surface area contributed by atoms with Crippen LogP contribution in [-0.4, -0.2) is 66.7 Å². The Balaban J connectivity index is 1.37. The summed E-state index contributed by atoms with van der Waals surface area (Å²) in [6.45, 7) is 7.52. The van der Waals surface area contributed by atoms with Crippen LogP contribution in [0.5, 0.6) is 0 Å². The van der Waals surface area contributed by atoms with E-state index >= 15 is 0 Å². The fraction of sp³-hybridized carbons (Fsp3) is 0.545. The van der Waals surface area contributed by atoms with Crippen molar-refractivity contribution in [3.8, 4) is 0 Å². The van der Waals surface area contributed by atoms with Crippen molar-refractivity contribution >= 4 is 5.97 Å². The molecular formula is C55H76O9. The third kappa shape index (κ3) is 20.1. The summed E-state index contributed by atoms with van der Waals surface area (Å²) in [7, 11) is 0. The summed E-state index contributed by atoms with van der Waals surface area (Å²) in [5.74, 6) is -0.310. The van der Waals surface area contributed by atoms with Gasteiger partial charge in [-0.05, 0) is 55.9 Å². The number of hydrogen-bond acceptors (Lipinski definition) is 9. The molecule has 0 aromatic heterocycles. The average Bonchev–Trinajstić information content (AvgIpc) is 3.29. The third-order valence-electron chi connectivity index (χ3n) is 11.4. The fourth-order valence-corrected chi connectivity index (χ4v) is 8.09. The molecule has 6 atom stereocenters. The molecule has 1 aliphatic heterocycles. The molecule has 9 nitrogen and oxygen atoms in total. The first kappa shape index (κ1) is 51.1. The van der Waals surface area contributed by atoms with Gasteiger partial charge >= 0.3 is 5.97 Å². The second-order valence-corrected chi connectivity index (χ2v) is 18.1. The average molecular weight is 881 g/mol. The highest BCUT2D eigenvalue weighted by Crippen LogP contribution is 2.33. The summed E-state index contributed by atoms with van der Waals surface area (Å²) in [5.41, 5.74) is 3.46. The quantitative estimate of drug-likeness (QED) is 0.0391. The second-order valence-electron chi connectivity index (χ2n) is 18.1. The zero-order valence-corrected chi connectivity index (χ0v) is 38.9. The molecule has 0 amide bonds. The molecule has 0 saturated carbocycles. The number of esters is 1. The minimum Gasteiger partial charge on any atom is -0.460 e. The zero-order chi connectivity index (χ0) is 45.1. The van der Waals surface area contributed by atoms with Gasteiger partial charge in [0.1, 0.15) is 30.0 Å². The van der Waals surface area contributed by atoms with Gasteiger partial charge in [-0.1, -0.05) is 192 Å². The van der Waals surface area contributed by atoms with E-state index < -0.39 is 42.4 Å². The lowest BCUT2D eigenvalue weighted by Gasteiger charge is -2.46. The molecular weight excluding hydrogens is 805 g/mol. The van der Waals surface area contributed by atoms with Crippen molar-refractivity contribution < 1.29 is 43.1 Å². The highest BCUT2D eigenvalue weighted by Gasteiger charge is 2.50. The number of aliphatic hydroxyl groups excluding tert-OH is 1. The molecule has 1 fully saturated rings. The molecule has 0 radical (unpaired) electrons. The van der Waals surface area contributed by atoms with Gasteiger partial charge < -0.3 is 38.3 Å². The van der Waals surface area contributed by atoms with Crippen LogP contribution in [0.3, 0.4) is 0 Å². The van der Waals surface area contributed by atoms with Crippen LogP contribution in [0.2, 0.25) is 0 Å². The van der Waals surface area contributed by atoms with Crippen molar-refractivity contribution in [2.75, 3.05) is 13.2 Å². The fourth-order valence-electron chi connectivity index (χ4n) is 8.09. The summed E-state index contributed by atoms with van der Waals surface area (Å²) < 4.78 is 46.9. The van der Waals surface area contributed by atoms with Crippen LogP contribution in [0, 0.1) is 0 Å². The van der Waals surface area contributed by atoms with E-state index in [-0.39, 0.29) is 19.0 Å². The van der Waals surface area contributed by atoms with Crippen molar-refractivity contribution in [2.45, 2.75) is 180 Å². The van der Waals surface area contributed by atoms with Gasteiger partial charge in [0.05, 0.1) is 45.6 Å². The molecule has 4 aromatic rings. The highest BCUT2D eigenvalue weighted by molar-refractivity contribution is 5.70. The van der Waals surface area contributed by atoms with E-state index in [1.165, 1.54) is 44.9 Å². The van der Waals surface area contributed by atoms with Gasteiger partial charge in [-0.25, -0.2) is 0 Å². The van der Waals surface area contributed by atoms with E-state index in [1.807, 2.05) is 142 Å². The summed E-state index contributed by atoms with van der Waals surface area (Å²) in [6, 6.07) is 40.4. The Bertz CT molecular complexity index is 1770. The predicted octanol–water partition coefficient (Wildman–Crippen LogP) is 11.9. The Morgan fingerprint density at radius 3 is 1.41 bits per heavy atom. The molecule has 64 heavy (non-hydrogen) atoms. The minimum absolute atomic E-state index is 0.0828. The normalized spacial score (nSPS) is 19.3. The molecule has 1 N–H and O–H groups in total. The Kier molecular flexibility index (Phi) is 23.6. The first-order valence-corrected chi connectivity index (χ1v) is 24.0. The Labute approximate surface area is 384 Å². The van der Waals surface area contributed by atoms with E-state index in [4.69, 9.17) is 38.3 Å². The second kappa shape index (κ2) is 29.6. The number of rotatable bonds is 31. The van der Waals surface area contributed by atoms with Crippen molar-refractivity contribution in [3.05, 3.63) is 144 Å². The number of hydrogen-bond donors (Lipinski definition) is 1. The predicted molar refractivity (Wildman–Crippen MR) is 252 cm³/mol. The van der Waals surface area contributed by atoms with Gasteiger partial charge in [0.15, 0.2) is 6.29 Å². The van der Waals surface area contributed by atoms with Gasteiger partial charge in [0.2, 0.25) is 0 Å². The van der Waals surface area contributed by atoms with Crippen molar-refractivity contribution in [1.29, 1.82) is 0 Å². The lowest BCUT2D eigenvalue weighted by Crippen LogP contribution is -2.62. The van der Waals surface area contributed by atoms with Crippen LogP contribution in [0.4, 0.5) is 0 Å². The van der Waals surface area contributed by atoms with Crippen molar-refractivity contribution in [1.82, 2.24) is 0 Å². The first-order valence-electron chi connectivity index (χ1n) is 24.0. The van der Waals surface area contributed by atoms with E-state index in [2.05, 4.69) is 0 Å². The molecule has 4 aromatic carbocycles. The van der Waals surface area contributed by atoms with Crippen molar-refractivity contribution in [2.24, 2.45) is 0 Å². The Morgan fingerprint density at radius 2 is 0.953 bits per heavy atom. The molecule has 0 unspecified atom stereocenters.